The third-order valence-corrected chi connectivity index (χ3v) is 0. The van der Waals surface area contributed by atoms with Gasteiger partial charge in [0, 0.05) is 17.1 Å². The molecule has 0 unspecified atom stereocenters. The average Bonchev–Trinajstić information content (AvgIpc) is 0.722. The predicted octanol–water partition coefficient (Wildman–Crippen LogP) is -5.44. The third kappa shape index (κ3) is 421. The summed E-state index contributed by atoms with van der Waals surface area (Å²) in [5.41, 5.74) is 0. The van der Waals surface area contributed by atoms with Crippen molar-refractivity contribution in [2.24, 2.45) is 0 Å². The maximum Gasteiger partial charge on any atom is 0.668 e. The van der Waals surface area contributed by atoms with E-state index in [1.54, 1.807) is 0 Å². The van der Waals surface area contributed by atoms with Crippen molar-refractivity contribution in [3.8, 4) is 0 Å². The molecule has 0 fully saturated rings. The van der Waals surface area contributed by atoms with Gasteiger partial charge < -0.3 is 30.1 Å². The summed E-state index contributed by atoms with van der Waals surface area (Å²) in [6.45, 7) is 0. The first-order valence-corrected chi connectivity index (χ1v) is 2.68. The number of hydrogen-bond donors (Lipinski definition) is 4. The van der Waals surface area contributed by atoms with Crippen molar-refractivity contribution < 1.29 is 47.2 Å². The molecule has 8 N–H and O–H groups in total. The molecule has 0 aliphatic rings. The molecule has 0 aromatic heterocycles. The van der Waals surface area contributed by atoms with E-state index in [2.05, 4.69) is 0 Å². The average molecular weight is 226 g/mol. The Morgan fingerprint density at radius 1 is 0.778 bits per heavy atom. The van der Waals surface area contributed by atoms with Crippen LogP contribution in [0.2, 0.25) is 0 Å². The van der Waals surface area contributed by atoms with E-state index in [-0.39, 0.29) is 45.4 Å². The molecular formula is H11AlCuO6Si. The van der Waals surface area contributed by atoms with Gasteiger partial charge in [-0.05, 0) is 0 Å². The maximum atomic E-state index is 7.33. The normalized spacial score (nSPS) is 6.67. The van der Waals surface area contributed by atoms with Crippen LogP contribution < -0.4 is 0 Å². The minimum atomic E-state index is -4.61. The molecule has 0 aromatic carbocycles. The number of hydrogen-bond acceptors (Lipinski definition) is 4. The van der Waals surface area contributed by atoms with Crippen LogP contribution in [-0.4, -0.2) is 56.5 Å². The summed E-state index contributed by atoms with van der Waals surface area (Å²) in [5.74, 6) is 0. The quantitative estimate of drug-likeness (QED) is 0.305. The van der Waals surface area contributed by atoms with Crippen LogP contribution in [0.1, 0.15) is 0 Å². The molecule has 9 heteroatoms. The Morgan fingerprint density at radius 3 is 0.778 bits per heavy atom. The van der Waals surface area contributed by atoms with Crippen molar-refractivity contribution in [3.05, 3.63) is 0 Å². The molecule has 0 amide bonds. The van der Waals surface area contributed by atoms with Crippen LogP contribution in [0.15, 0.2) is 0 Å². The minimum absolute atomic E-state index is 0. The molecule has 0 aromatic rings. The molecule has 0 bridgehead atoms. The van der Waals surface area contributed by atoms with Crippen LogP contribution in [0.4, 0.5) is 0 Å². The first-order chi connectivity index (χ1) is 2.00. The minimum Gasteiger partial charge on any atom is -0.412 e. The van der Waals surface area contributed by atoms with Gasteiger partial charge in [0.1, 0.15) is 0 Å². The Labute approximate surface area is 73.9 Å². The van der Waals surface area contributed by atoms with E-state index in [1.807, 2.05) is 0 Å². The molecule has 65 valence electrons. The van der Waals surface area contributed by atoms with E-state index in [4.69, 9.17) is 19.2 Å². The summed E-state index contributed by atoms with van der Waals surface area (Å²) in [7, 11) is -4.61. The van der Waals surface area contributed by atoms with Gasteiger partial charge in [0.2, 0.25) is 0 Å². The second-order valence-corrected chi connectivity index (χ2v) is 1.80. The van der Waals surface area contributed by atoms with Gasteiger partial charge in [-0.25, -0.2) is 0 Å². The van der Waals surface area contributed by atoms with E-state index >= 15 is 0 Å². The predicted molar refractivity (Wildman–Crippen MR) is 31.8 cm³/mol. The second-order valence-electron chi connectivity index (χ2n) is 0.600. The van der Waals surface area contributed by atoms with Crippen LogP contribution in [-0.2, 0) is 17.1 Å². The van der Waals surface area contributed by atoms with Gasteiger partial charge in [-0.15, -0.1) is 0 Å². The summed E-state index contributed by atoms with van der Waals surface area (Å²) in [6, 6.07) is 0. The Balaban J connectivity index is -0.0000000133. The molecule has 9 heavy (non-hydrogen) atoms. The van der Waals surface area contributed by atoms with E-state index in [0.717, 1.165) is 0 Å². The Kier molecular flexibility index (Phi) is 42.3. The topological polar surface area (TPSA) is 144 Å². The molecular weight excluding hydrogens is 215 g/mol. The van der Waals surface area contributed by atoms with Crippen molar-refractivity contribution in [2.45, 2.75) is 0 Å². The van der Waals surface area contributed by atoms with Gasteiger partial charge in [0.25, 0.3) is 0 Å². The summed E-state index contributed by atoms with van der Waals surface area (Å²) < 4.78 is 0. The second kappa shape index (κ2) is 11.8. The van der Waals surface area contributed by atoms with E-state index in [9.17, 15) is 0 Å². The van der Waals surface area contributed by atoms with Gasteiger partial charge >= 0.3 is 9.05 Å². The van der Waals surface area contributed by atoms with Crippen molar-refractivity contribution >= 4 is 26.4 Å². The molecule has 0 atom stereocenters. The van der Waals surface area contributed by atoms with Crippen LogP contribution in [0.25, 0.3) is 0 Å². The van der Waals surface area contributed by atoms with Gasteiger partial charge in [0.15, 0.2) is 17.4 Å². The third-order valence-electron chi connectivity index (χ3n) is 0. The molecule has 0 rings (SSSR count). The van der Waals surface area contributed by atoms with Crippen LogP contribution in [0, 0.1) is 0 Å². The van der Waals surface area contributed by atoms with E-state index in [1.165, 1.54) is 0 Å². The van der Waals surface area contributed by atoms with Crippen molar-refractivity contribution in [2.75, 3.05) is 0 Å². The molecule has 0 aliphatic carbocycles. The van der Waals surface area contributed by atoms with E-state index in [0.29, 0.717) is 0 Å². The maximum absolute atomic E-state index is 7.33. The number of rotatable bonds is 0. The standard InChI is InChI=1S/Al.Cu.H4O4Si.2H2O.3H/c;;1-5(2,3)4;;;;;/h;;1-4H;2*1H2;;;. The fraction of sp³-hybridized carbons (Fsp3) is 0. The van der Waals surface area contributed by atoms with E-state index < -0.39 is 9.05 Å². The molecule has 0 heterocycles. The summed E-state index contributed by atoms with van der Waals surface area (Å²) in [4.78, 5) is 29.3. The van der Waals surface area contributed by atoms with Gasteiger partial charge in [-0.1, -0.05) is 0 Å². The zero-order valence-electron chi connectivity index (χ0n) is 3.59. The molecule has 0 saturated heterocycles. The molecule has 0 aliphatic heterocycles. The smallest absolute Gasteiger partial charge is 0.412 e. The van der Waals surface area contributed by atoms with Crippen molar-refractivity contribution in [1.82, 2.24) is 0 Å². The first-order valence-electron chi connectivity index (χ1n) is 0.894. The van der Waals surface area contributed by atoms with Gasteiger partial charge in [-0.2, -0.15) is 0 Å². The zero-order chi connectivity index (χ0) is 4.50. The van der Waals surface area contributed by atoms with Gasteiger partial charge in [0.05, 0.1) is 0 Å². The monoisotopic (exact) mass is 225 g/mol. The molecule has 0 spiro atoms. The Hall–Kier alpha value is 1.03. The van der Waals surface area contributed by atoms with Crippen LogP contribution in [0.5, 0.6) is 0 Å². The Bertz CT molecular complexity index is 28.5. The van der Waals surface area contributed by atoms with Crippen LogP contribution >= 0.6 is 0 Å². The fourth-order valence-corrected chi connectivity index (χ4v) is 0. The molecule has 6 nitrogen and oxygen atoms in total. The molecule has 0 saturated carbocycles. The Morgan fingerprint density at radius 2 is 0.778 bits per heavy atom. The summed E-state index contributed by atoms with van der Waals surface area (Å²) in [5, 5.41) is 0. The molecule has 1 radical (unpaired) electrons. The SMILES string of the molecule is O.O.O[Si](O)(O)O.[AlH3].[Cu]. The fourth-order valence-electron chi connectivity index (χ4n) is 0. The summed E-state index contributed by atoms with van der Waals surface area (Å²) in [6.07, 6.45) is 0. The summed E-state index contributed by atoms with van der Waals surface area (Å²) >= 11 is 0. The van der Waals surface area contributed by atoms with Crippen molar-refractivity contribution in [1.29, 1.82) is 0 Å². The van der Waals surface area contributed by atoms with Crippen LogP contribution in [0.3, 0.4) is 0 Å². The zero-order valence-corrected chi connectivity index (χ0v) is 5.53. The van der Waals surface area contributed by atoms with Crippen molar-refractivity contribution in [3.63, 3.8) is 0 Å². The first kappa shape index (κ1) is 32.3. The largest absolute Gasteiger partial charge is 0.668 e. The van der Waals surface area contributed by atoms with Gasteiger partial charge in [-0.3, -0.25) is 0 Å².